The van der Waals surface area contributed by atoms with Crippen LogP contribution in [0.3, 0.4) is 0 Å². The minimum atomic E-state index is -0.205. The number of halogens is 1. The SMILES string of the molecule is CN=C(NCCc1ccc(F)cc1)NCCc1ccccn1. The summed E-state index contributed by atoms with van der Waals surface area (Å²) in [6.45, 7) is 1.52. The van der Waals surface area contributed by atoms with E-state index in [1.807, 2.05) is 18.2 Å². The van der Waals surface area contributed by atoms with E-state index < -0.39 is 0 Å². The summed E-state index contributed by atoms with van der Waals surface area (Å²) in [4.78, 5) is 8.46. The molecule has 0 atom stereocenters. The summed E-state index contributed by atoms with van der Waals surface area (Å²) in [5.74, 6) is 0.557. The van der Waals surface area contributed by atoms with Gasteiger partial charge >= 0.3 is 0 Å². The van der Waals surface area contributed by atoms with Gasteiger partial charge in [0.25, 0.3) is 0 Å². The largest absolute Gasteiger partial charge is 0.356 e. The molecule has 22 heavy (non-hydrogen) atoms. The first-order chi connectivity index (χ1) is 10.8. The normalized spacial score (nSPS) is 11.3. The summed E-state index contributed by atoms with van der Waals surface area (Å²) < 4.78 is 12.8. The number of hydrogen-bond donors (Lipinski definition) is 2. The van der Waals surface area contributed by atoms with Gasteiger partial charge in [-0.3, -0.25) is 9.98 Å². The highest BCUT2D eigenvalue weighted by Gasteiger charge is 1.99. The average molecular weight is 300 g/mol. The molecule has 2 N–H and O–H groups in total. The maximum atomic E-state index is 12.8. The lowest BCUT2D eigenvalue weighted by atomic mass is 10.1. The zero-order chi connectivity index (χ0) is 15.6. The Morgan fingerprint density at radius 1 is 1.05 bits per heavy atom. The van der Waals surface area contributed by atoms with Crippen LogP contribution in [-0.4, -0.2) is 31.1 Å². The zero-order valence-electron chi connectivity index (χ0n) is 12.7. The Morgan fingerprint density at radius 3 is 2.41 bits per heavy atom. The van der Waals surface area contributed by atoms with Crippen LogP contribution in [0, 0.1) is 5.82 Å². The number of nitrogens with one attached hydrogen (secondary N) is 2. The van der Waals surface area contributed by atoms with Crippen molar-refractivity contribution < 1.29 is 4.39 Å². The Labute approximate surface area is 130 Å². The molecule has 0 saturated heterocycles. The highest BCUT2D eigenvalue weighted by Crippen LogP contribution is 2.02. The van der Waals surface area contributed by atoms with E-state index in [4.69, 9.17) is 0 Å². The van der Waals surface area contributed by atoms with E-state index in [1.165, 1.54) is 12.1 Å². The third-order valence-electron chi connectivity index (χ3n) is 3.24. The van der Waals surface area contributed by atoms with Crippen LogP contribution >= 0.6 is 0 Å². The van der Waals surface area contributed by atoms with Crippen LogP contribution in [0.25, 0.3) is 0 Å². The molecule has 0 radical (unpaired) electrons. The van der Waals surface area contributed by atoms with Crippen LogP contribution in [-0.2, 0) is 12.8 Å². The van der Waals surface area contributed by atoms with E-state index in [0.29, 0.717) is 0 Å². The number of nitrogens with zero attached hydrogens (tertiary/aromatic N) is 2. The van der Waals surface area contributed by atoms with Crippen LogP contribution < -0.4 is 10.6 Å². The summed E-state index contributed by atoms with van der Waals surface area (Å²) in [6, 6.07) is 12.5. The predicted molar refractivity (Wildman–Crippen MR) is 87.4 cm³/mol. The molecule has 0 bridgehead atoms. The Balaban J connectivity index is 1.68. The number of aromatic nitrogens is 1. The van der Waals surface area contributed by atoms with E-state index in [9.17, 15) is 4.39 Å². The number of benzene rings is 1. The third-order valence-corrected chi connectivity index (χ3v) is 3.24. The summed E-state index contributed by atoms with van der Waals surface area (Å²) in [7, 11) is 1.74. The van der Waals surface area contributed by atoms with Crippen LogP contribution in [0.4, 0.5) is 4.39 Å². The van der Waals surface area contributed by atoms with Crippen molar-refractivity contribution >= 4 is 5.96 Å². The Morgan fingerprint density at radius 2 is 1.77 bits per heavy atom. The van der Waals surface area contributed by atoms with Crippen molar-refractivity contribution in [3.05, 3.63) is 65.7 Å². The Bertz CT molecular complexity index is 581. The van der Waals surface area contributed by atoms with E-state index in [1.54, 1.807) is 25.4 Å². The molecule has 0 amide bonds. The molecule has 0 saturated carbocycles. The first-order valence-corrected chi connectivity index (χ1v) is 7.37. The van der Waals surface area contributed by atoms with Crippen molar-refractivity contribution in [1.29, 1.82) is 0 Å². The van der Waals surface area contributed by atoms with E-state index in [0.717, 1.165) is 43.1 Å². The summed E-state index contributed by atoms with van der Waals surface area (Å²) in [5, 5.41) is 6.50. The fourth-order valence-electron chi connectivity index (χ4n) is 2.05. The molecule has 1 heterocycles. The highest BCUT2D eigenvalue weighted by atomic mass is 19.1. The van der Waals surface area contributed by atoms with Crippen molar-refractivity contribution in [2.75, 3.05) is 20.1 Å². The predicted octanol–water partition coefficient (Wildman–Crippen LogP) is 2.17. The monoisotopic (exact) mass is 300 g/mol. The van der Waals surface area contributed by atoms with Gasteiger partial charge in [-0.25, -0.2) is 4.39 Å². The minimum Gasteiger partial charge on any atom is -0.356 e. The van der Waals surface area contributed by atoms with Gasteiger partial charge in [-0.05, 0) is 36.2 Å². The van der Waals surface area contributed by atoms with Crippen LogP contribution in [0.5, 0.6) is 0 Å². The molecule has 4 nitrogen and oxygen atoms in total. The maximum absolute atomic E-state index is 12.8. The zero-order valence-corrected chi connectivity index (χ0v) is 12.7. The maximum Gasteiger partial charge on any atom is 0.190 e. The Kier molecular flexibility index (Phi) is 6.36. The van der Waals surface area contributed by atoms with E-state index in [2.05, 4.69) is 20.6 Å². The molecule has 1 aromatic heterocycles. The second-order valence-electron chi connectivity index (χ2n) is 4.87. The van der Waals surface area contributed by atoms with Gasteiger partial charge in [-0.1, -0.05) is 18.2 Å². The van der Waals surface area contributed by atoms with Crippen LogP contribution in [0.1, 0.15) is 11.3 Å². The van der Waals surface area contributed by atoms with E-state index in [-0.39, 0.29) is 5.82 Å². The topological polar surface area (TPSA) is 49.3 Å². The molecule has 0 spiro atoms. The molecule has 0 aliphatic heterocycles. The standard InChI is InChI=1S/C17H21FN4/c1-19-17(22-13-10-16-4-2-3-11-20-16)21-12-9-14-5-7-15(18)8-6-14/h2-8,11H,9-10,12-13H2,1H3,(H2,19,21,22). The van der Waals surface area contributed by atoms with Gasteiger partial charge in [0.2, 0.25) is 0 Å². The van der Waals surface area contributed by atoms with Crippen molar-refractivity contribution in [3.8, 4) is 0 Å². The average Bonchev–Trinajstić information content (AvgIpc) is 2.56. The van der Waals surface area contributed by atoms with Gasteiger partial charge in [-0.15, -0.1) is 0 Å². The molecule has 116 valence electrons. The molecular formula is C17H21FN4. The fourth-order valence-corrected chi connectivity index (χ4v) is 2.05. The number of rotatable bonds is 6. The van der Waals surface area contributed by atoms with Gasteiger partial charge < -0.3 is 10.6 Å². The van der Waals surface area contributed by atoms with Crippen LogP contribution in [0.15, 0.2) is 53.7 Å². The minimum absolute atomic E-state index is 0.205. The molecule has 1 aromatic carbocycles. The molecule has 0 unspecified atom stereocenters. The summed E-state index contributed by atoms with van der Waals surface area (Å²) >= 11 is 0. The quantitative estimate of drug-likeness (QED) is 0.635. The van der Waals surface area contributed by atoms with Gasteiger partial charge in [-0.2, -0.15) is 0 Å². The summed E-state index contributed by atoms with van der Waals surface area (Å²) in [5.41, 5.74) is 2.15. The van der Waals surface area contributed by atoms with Gasteiger partial charge in [0.05, 0.1) is 0 Å². The molecule has 5 heteroatoms. The second kappa shape index (κ2) is 8.77. The van der Waals surface area contributed by atoms with Crippen molar-refractivity contribution in [2.45, 2.75) is 12.8 Å². The van der Waals surface area contributed by atoms with Crippen molar-refractivity contribution in [3.63, 3.8) is 0 Å². The first-order valence-electron chi connectivity index (χ1n) is 7.37. The molecule has 0 aliphatic carbocycles. The second-order valence-corrected chi connectivity index (χ2v) is 4.87. The number of pyridine rings is 1. The molecule has 2 rings (SSSR count). The number of aliphatic imine (C=N–C) groups is 1. The smallest absolute Gasteiger partial charge is 0.190 e. The van der Waals surface area contributed by atoms with E-state index >= 15 is 0 Å². The number of guanidine groups is 1. The highest BCUT2D eigenvalue weighted by molar-refractivity contribution is 5.79. The lowest BCUT2D eigenvalue weighted by Crippen LogP contribution is -2.39. The molecule has 0 fully saturated rings. The number of hydrogen-bond acceptors (Lipinski definition) is 2. The Hall–Kier alpha value is -2.43. The first kappa shape index (κ1) is 15.9. The molecule has 2 aromatic rings. The van der Waals surface area contributed by atoms with Gasteiger partial charge in [0, 0.05) is 38.4 Å². The fraction of sp³-hybridized carbons (Fsp3) is 0.294. The van der Waals surface area contributed by atoms with Gasteiger partial charge in [0.15, 0.2) is 5.96 Å². The van der Waals surface area contributed by atoms with Crippen molar-refractivity contribution in [1.82, 2.24) is 15.6 Å². The molecular weight excluding hydrogens is 279 g/mol. The lowest BCUT2D eigenvalue weighted by Gasteiger charge is -2.11. The molecule has 0 aliphatic rings. The lowest BCUT2D eigenvalue weighted by molar-refractivity contribution is 0.626. The van der Waals surface area contributed by atoms with Crippen LogP contribution in [0.2, 0.25) is 0 Å². The van der Waals surface area contributed by atoms with Gasteiger partial charge in [0.1, 0.15) is 5.82 Å². The van der Waals surface area contributed by atoms with Crippen molar-refractivity contribution in [2.24, 2.45) is 4.99 Å². The summed E-state index contributed by atoms with van der Waals surface area (Å²) in [6.07, 6.45) is 3.46. The third kappa shape index (κ3) is 5.52.